The van der Waals surface area contributed by atoms with Crippen molar-refractivity contribution in [2.45, 2.75) is 19.6 Å². The predicted octanol–water partition coefficient (Wildman–Crippen LogP) is 4.33. The molecular formula is C15H14F3NO. The van der Waals surface area contributed by atoms with Crippen molar-refractivity contribution >= 4 is 5.69 Å². The fourth-order valence-corrected chi connectivity index (χ4v) is 1.86. The molecule has 0 aliphatic rings. The summed E-state index contributed by atoms with van der Waals surface area (Å²) in [5.41, 5.74) is 0.855. The molecule has 106 valence electrons. The second kappa shape index (κ2) is 5.45. The first-order valence-corrected chi connectivity index (χ1v) is 6.06. The highest BCUT2D eigenvalue weighted by Crippen LogP contribution is 2.33. The predicted molar refractivity (Wildman–Crippen MR) is 71.6 cm³/mol. The summed E-state index contributed by atoms with van der Waals surface area (Å²) in [6.45, 7) is 1.83. The van der Waals surface area contributed by atoms with Crippen LogP contribution in [0.5, 0.6) is 5.75 Å². The largest absolute Gasteiger partial charge is 0.508 e. The summed E-state index contributed by atoms with van der Waals surface area (Å²) in [6.07, 6.45) is -4.35. The first-order chi connectivity index (χ1) is 9.36. The molecule has 0 aliphatic carbocycles. The van der Waals surface area contributed by atoms with Gasteiger partial charge in [-0.2, -0.15) is 13.2 Å². The van der Waals surface area contributed by atoms with Gasteiger partial charge in [0.1, 0.15) is 5.75 Å². The lowest BCUT2D eigenvalue weighted by molar-refractivity contribution is -0.138. The van der Waals surface area contributed by atoms with Crippen LogP contribution in [-0.2, 0) is 12.7 Å². The number of hydrogen-bond donors (Lipinski definition) is 2. The summed E-state index contributed by atoms with van der Waals surface area (Å²) >= 11 is 0. The molecular weight excluding hydrogens is 267 g/mol. The number of rotatable bonds is 3. The maximum Gasteiger partial charge on any atom is 0.416 e. The zero-order valence-electron chi connectivity index (χ0n) is 10.8. The number of aryl methyl sites for hydroxylation is 1. The normalized spacial score (nSPS) is 11.4. The van der Waals surface area contributed by atoms with Gasteiger partial charge in [-0.15, -0.1) is 0 Å². The molecule has 0 spiro atoms. The average Bonchev–Trinajstić information content (AvgIpc) is 2.38. The van der Waals surface area contributed by atoms with Crippen LogP contribution in [0.4, 0.5) is 18.9 Å². The van der Waals surface area contributed by atoms with E-state index in [1.807, 2.05) is 0 Å². The average molecular weight is 281 g/mol. The molecule has 0 amide bonds. The Morgan fingerprint density at radius 3 is 2.30 bits per heavy atom. The minimum Gasteiger partial charge on any atom is -0.508 e. The third-order valence-electron chi connectivity index (χ3n) is 2.98. The number of phenolic OH excluding ortho intramolecular Hbond substituents is 1. The number of aromatic hydroxyl groups is 1. The second-order valence-corrected chi connectivity index (χ2v) is 4.55. The maximum absolute atomic E-state index is 12.8. The summed E-state index contributed by atoms with van der Waals surface area (Å²) in [5.74, 6) is 0.156. The van der Waals surface area contributed by atoms with Crippen LogP contribution in [0.1, 0.15) is 16.7 Å². The van der Waals surface area contributed by atoms with Gasteiger partial charge in [-0.25, -0.2) is 0 Å². The smallest absolute Gasteiger partial charge is 0.416 e. The Morgan fingerprint density at radius 1 is 1.05 bits per heavy atom. The van der Waals surface area contributed by atoms with Crippen LogP contribution in [0.3, 0.4) is 0 Å². The highest BCUT2D eigenvalue weighted by Gasteiger charge is 2.32. The number of nitrogens with one attached hydrogen (secondary N) is 1. The molecule has 2 N–H and O–H groups in total. The van der Waals surface area contributed by atoms with Crippen molar-refractivity contribution in [2.24, 2.45) is 0 Å². The fraction of sp³-hybridized carbons (Fsp3) is 0.200. The van der Waals surface area contributed by atoms with Gasteiger partial charge in [0, 0.05) is 12.2 Å². The lowest BCUT2D eigenvalue weighted by atomic mass is 10.1. The van der Waals surface area contributed by atoms with Crippen LogP contribution in [0, 0.1) is 6.92 Å². The number of anilines is 1. The molecule has 2 aromatic rings. The molecule has 0 heterocycles. The number of benzene rings is 2. The summed E-state index contributed by atoms with van der Waals surface area (Å²) in [6, 6.07) is 10.7. The van der Waals surface area contributed by atoms with E-state index < -0.39 is 11.7 Å². The molecule has 2 nitrogen and oxygen atoms in total. The van der Waals surface area contributed by atoms with Crippen molar-refractivity contribution in [2.75, 3.05) is 5.32 Å². The number of alkyl halides is 3. The third kappa shape index (κ3) is 3.44. The molecule has 0 unspecified atom stereocenters. The van der Waals surface area contributed by atoms with E-state index in [1.165, 1.54) is 25.1 Å². The number of phenols is 1. The molecule has 0 aliphatic heterocycles. The molecule has 0 fully saturated rings. The van der Waals surface area contributed by atoms with E-state index in [0.717, 1.165) is 11.6 Å². The van der Waals surface area contributed by atoms with Gasteiger partial charge in [0.2, 0.25) is 0 Å². The van der Waals surface area contributed by atoms with Gasteiger partial charge in [0.25, 0.3) is 0 Å². The summed E-state index contributed by atoms with van der Waals surface area (Å²) in [4.78, 5) is 0. The Balaban J connectivity index is 2.12. The molecule has 20 heavy (non-hydrogen) atoms. The Morgan fingerprint density at radius 2 is 1.70 bits per heavy atom. The molecule has 2 aromatic carbocycles. The second-order valence-electron chi connectivity index (χ2n) is 4.55. The lowest BCUT2D eigenvalue weighted by Crippen LogP contribution is -2.08. The van der Waals surface area contributed by atoms with Gasteiger partial charge in [-0.05, 0) is 42.3 Å². The molecule has 0 atom stereocenters. The van der Waals surface area contributed by atoms with Gasteiger partial charge in [0.15, 0.2) is 0 Å². The van der Waals surface area contributed by atoms with Gasteiger partial charge >= 0.3 is 6.18 Å². The lowest BCUT2D eigenvalue weighted by Gasteiger charge is -2.13. The van der Waals surface area contributed by atoms with Gasteiger partial charge in [-0.1, -0.05) is 18.2 Å². The Kier molecular flexibility index (Phi) is 3.88. The van der Waals surface area contributed by atoms with Crippen LogP contribution in [0.25, 0.3) is 0 Å². The Bertz CT molecular complexity index is 591. The van der Waals surface area contributed by atoms with E-state index in [-0.39, 0.29) is 11.3 Å². The van der Waals surface area contributed by atoms with Crippen molar-refractivity contribution in [3.8, 4) is 5.75 Å². The van der Waals surface area contributed by atoms with Gasteiger partial charge in [-0.3, -0.25) is 0 Å². The van der Waals surface area contributed by atoms with E-state index >= 15 is 0 Å². The topological polar surface area (TPSA) is 32.3 Å². The highest BCUT2D eigenvalue weighted by atomic mass is 19.4. The number of hydrogen-bond acceptors (Lipinski definition) is 2. The van der Waals surface area contributed by atoms with Crippen molar-refractivity contribution in [3.05, 3.63) is 59.2 Å². The maximum atomic E-state index is 12.8. The minimum atomic E-state index is -4.35. The summed E-state index contributed by atoms with van der Waals surface area (Å²) < 4.78 is 38.3. The zero-order valence-corrected chi connectivity index (χ0v) is 10.8. The van der Waals surface area contributed by atoms with Gasteiger partial charge < -0.3 is 10.4 Å². The van der Waals surface area contributed by atoms with Crippen molar-refractivity contribution in [1.82, 2.24) is 0 Å². The van der Waals surface area contributed by atoms with Crippen molar-refractivity contribution in [1.29, 1.82) is 0 Å². The van der Waals surface area contributed by atoms with Crippen molar-refractivity contribution in [3.63, 3.8) is 0 Å². The van der Waals surface area contributed by atoms with Crippen LogP contribution in [-0.4, -0.2) is 5.11 Å². The van der Waals surface area contributed by atoms with Crippen LogP contribution < -0.4 is 5.32 Å². The third-order valence-corrected chi connectivity index (χ3v) is 2.98. The van der Waals surface area contributed by atoms with Crippen LogP contribution >= 0.6 is 0 Å². The Labute approximate surface area is 114 Å². The summed E-state index contributed by atoms with van der Waals surface area (Å²) in [5, 5.41) is 12.1. The first kappa shape index (κ1) is 14.2. The highest BCUT2D eigenvalue weighted by molar-refractivity contribution is 5.49. The van der Waals surface area contributed by atoms with E-state index in [2.05, 4.69) is 5.32 Å². The van der Waals surface area contributed by atoms with Gasteiger partial charge in [0.05, 0.1) is 5.56 Å². The van der Waals surface area contributed by atoms with E-state index in [1.54, 1.807) is 18.2 Å². The summed E-state index contributed by atoms with van der Waals surface area (Å²) in [7, 11) is 0. The molecule has 5 heteroatoms. The van der Waals surface area contributed by atoms with E-state index in [0.29, 0.717) is 12.2 Å². The fourth-order valence-electron chi connectivity index (χ4n) is 1.86. The van der Waals surface area contributed by atoms with Crippen LogP contribution in [0.2, 0.25) is 0 Å². The van der Waals surface area contributed by atoms with Crippen molar-refractivity contribution < 1.29 is 18.3 Å². The molecule has 0 saturated carbocycles. The van der Waals surface area contributed by atoms with Crippen LogP contribution in [0.15, 0.2) is 42.5 Å². The number of halogens is 3. The monoisotopic (exact) mass is 281 g/mol. The molecule has 0 bridgehead atoms. The Hall–Kier alpha value is -2.17. The first-order valence-electron chi connectivity index (χ1n) is 6.06. The molecule has 0 aromatic heterocycles. The SMILES string of the molecule is Cc1ccc(NCc2ccc(O)cc2)cc1C(F)(F)F. The molecule has 0 saturated heterocycles. The standard InChI is InChI=1S/C15H14F3NO/c1-10-2-5-12(8-14(10)15(16,17)18)19-9-11-3-6-13(20)7-4-11/h2-8,19-20H,9H2,1H3. The zero-order chi connectivity index (χ0) is 14.8. The molecule has 0 radical (unpaired) electrons. The quantitative estimate of drug-likeness (QED) is 0.877. The van der Waals surface area contributed by atoms with E-state index in [9.17, 15) is 13.2 Å². The molecule has 2 rings (SSSR count). The van der Waals surface area contributed by atoms with E-state index in [4.69, 9.17) is 5.11 Å². The minimum absolute atomic E-state index is 0.156.